The van der Waals surface area contributed by atoms with Crippen molar-refractivity contribution in [3.05, 3.63) is 75.5 Å². The Morgan fingerprint density at radius 2 is 1.82 bits per heavy atom. The van der Waals surface area contributed by atoms with Crippen molar-refractivity contribution in [1.29, 1.82) is 0 Å². The number of esters is 1. The second kappa shape index (κ2) is 8.27. The van der Waals surface area contributed by atoms with Crippen molar-refractivity contribution in [2.75, 3.05) is 5.32 Å². The lowest BCUT2D eigenvalue weighted by Crippen LogP contribution is -2.20. The summed E-state index contributed by atoms with van der Waals surface area (Å²) in [4.78, 5) is 36.3. The van der Waals surface area contributed by atoms with E-state index in [0.29, 0.717) is 27.2 Å². The zero-order chi connectivity index (χ0) is 20.3. The topological polar surface area (TPSA) is 77.4 Å². The molecule has 1 heterocycles. The number of ether oxygens (including phenoxy) is 1. The smallest absolute Gasteiger partial charge is 0.338 e. The molecule has 0 aliphatic carbocycles. The van der Waals surface area contributed by atoms with Crippen LogP contribution in [0.3, 0.4) is 0 Å². The molecular weight excluding hydrogens is 380 g/mol. The minimum atomic E-state index is -0.411. The number of pyridine rings is 1. The number of amides is 1. The van der Waals surface area contributed by atoms with E-state index in [9.17, 15) is 14.4 Å². The summed E-state index contributed by atoms with van der Waals surface area (Å²) in [5, 5.41) is 3.69. The van der Waals surface area contributed by atoms with E-state index in [1.54, 1.807) is 67.1 Å². The van der Waals surface area contributed by atoms with Gasteiger partial charge in [0.25, 0.3) is 0 Å². The van der Waals surface area contributed by atoms with Crippen LogP contribution in [0.1, 0.15) is 24.2 Å². The van der Waals surface area contributed by atoms with Gasteiger partial charge in [-0.15, -0.1) is 0 Å². The normalized spacial score (nSPS) is 10.9. The highest BCUT2D eigenvalue weighted by molar-refractivity contribution is 6.31. The van der Waals surface area contributed by atoms with Crippen LogP contribution in [-0.2, 0) is 16.1 Å². The van der Waals surface area contributed by atoms with Gasteiger partial charge in [0.05, 0.1) is 17.2 Å². The van der Waals surface area contributed by atoms with Crippen molar-refractivity contribution in [1.82, 2.24) is 4.57 Å². The summed E-state index contributed by atoms with van der Waals surface area (Å²) in [6.07, 6.45) is 1.37. The van der Waals surface area contributed by atoms with Gasteiger partial charge in [0.2, 0.25) is 5.91 Å². The van der Waals surface area contributed by atoms with E-state index >= 15 is 0 Å². The number of hydrogen-bond donors (Lipinski definition) is 1. The molecule has 0 saturated heterocycles. The van der Waals surface area contributed by atoms with Gasteiger partial charge >= 0.3 is 5.97 Å². The van der Waals surface area contributed by atoms with E-state index < -0.39 is 5.97 Å². The summed E-state index contributed by atoms with van der Waals surface area (Å²) >= 11 is 5.96. The van der Waals surface area contributed by atoms with E-state index in [4.69, 9.17) is 16.3 Å². The van der Waals surface area contributed by atoms with Crippen LogP contribution >= 0.6 is 11.6 Å². The van der Waals surface area contributed by atoms with Gasteiger partial charge in [-0.3, -0.25) is 9.59 Å². The summed E-state index contributed by atoms with van der Waals surface area (Å²) < 4.78 is 6.81. The molecule has 0 atom stereocenters. The maximum atomic E-state index is 12.4. The van der Waals surface area contributed by atoms with Gasteiger partial charge in [-0.25, -0.2) is 4.79 Å². The first-order chi connectivity index (χ1) is 13.3. The fraction of sp³-hybridized carbons (Fsp3) is 0.190. The molecule has 3 aromatic rings. The van der Waals surface area contributed by atoms with Crippen LogP contribution in [0.2, 0.25) is 5.02 Å². The SMILES string of the molecule is CC(C)OC(=O)c1ccc(NC(=O)Cn2ccc(=O)c3cc(Cl)ccc32)cc1. The van der Waals surface area contributed by atoms with Crippen LogP contribution in [0.5, 0.6) is 0 Å². The van der Waals surface area contributed by atoms with Crippen LogP contribution in [0.15, 0.2) is 59.5 Å². The molecule has 0 fully saturated rings. The predicted molar refractivity (Wildman–Crippen MR) is 109 cm³/mol. The Morgan fingerprint density at radius 3 is 2.50 bits per heavy atom. The molecule has 2 aromatic carbocycles. The molecular formula is C21H19ClN2O4. The molecule has 0 radical (unpaired) electrons. The molecule has 0 aliphatic heterocycles. The second-order valence-electron chi connectivity index (χ2n) is 6.55. The molecule has 6 nitrogen and oxygen atoms in total. The van der Waals surface area contributed by atoms with Crippen molar-refractivity contribution in [3.8, 4) is 0 Å². The Kier molecular flexibility index (Phi) is 5.80. The summed E-state index contributed by atoms with van der Waals surface area (Å²) in [5.41, 5.74) is 1.44. The number of aromatic nitrogens is 1. The minimum absolute atomic E-state index is 0.0234. The number of carbonyl (C=O) groups is 2. The van der Waals surface area contributed by atoms with E-state index in [1.807, 2.05) is 0 Å². The minimum Gasteiger partial charge on any atom is -0.459 e. The Bertz CT molecular complexity index is 1090. The van der Waals surface area contributed by atoms with Crippen molar-refractivity contribution >= 4 is 40.1 Å². The van der Waals surface area contributed by atoms with Crippen LogP contribution < -0.4 is 10.7 Å². The van der Waals surface area contributed by atoms with E-state index in [1.165, 1.54) is 6.07 Å². The molecule has 1 N–H and O–H groups in total. The first-order valence-corrected chi connectivity index (χ1v) is 9.11. The Balaban J connectivity index is 1.73. The molecule has 144 valence electrons. The molecule has 0 unspecified atom stereocenters. The molecule has 0 aliphatic rings. The van der Waals surface area contributed by atoms with Gasteiger partial charge in [0, 0.05) is 28.4 Å². The zero-order valence-corrected chi connectivity index (χ0v) is 16.2. The Hall–Kier alpha value is -3.12. The number of halogens is 1. The fourth-order valence-electron chi connectivity index (χ4n) is 2.75. The third kappa shape index (κ3) is 4.58. The number of benzene rings is 2. The number of nitrogens with one attached hydrogen (secondary N) is 1. The highest BCUT2D eigenvalue weighted by atomic mass is 35.5. The summed E-state index contributed by atoms with van der Waals surface area (Å²) in [7, 11) is 0. The lowest BCUT2D eigenvalue weighted by Gasteiger charge is -2.12. The molecule has 28 heavy (non-hydrogen) atoms. The van der Waals surface area contributed by atoms with Crippen molar-refractivity contribution < 1.29 is 14.3 Å². The highest BCUT2D eigenvalue weighted by Crippen LogP contribution is 2.17. The third-order valence-corrected chi connectivity index (χ3v) is 4.24. The standard InChI is InChI=1S/C21H19ClN2O4/c1-13(2)28-21(27)14-3-6-16(7-4-14)23-20(26)12-24-10-9-19(25)17-11-15(22)5-8-18(17)24/h3-11,13H,12H2,1-2H3,(H,23,26). The van der Waals surface area contributed by atoms with Gasteiger partial charge in [0.1, 0.15) is 6.54 Å². The predicted octanol–water partition coefficient (Wildman–Crippen LogP) is 3.86. The summed E-state index contributed by atoms with van der Waals surface area (Å²) in [5.74, 6) is -0.677. The van der Waals surface area contributed by atoms with Crippen LogP contribution in [-0.4, -0.2) is 22.5 Å². The van der Waals surface area contributed by atoms with Crippen LogP contribution in [0.4, 0.5) is 5.69 Å². The highest BCUT2D eigenvalue weighted by Gasteiger charge is 2.11. The van der Waals surface area contributed by atoms with Gasteiger partial charge < -0.3 is 14.6 Å². The van der Waals surface area contributed by atoms with Gasteiger partial charge in [-0.1, -0.05) is 11.6 Å². The van der Waals surface area contributed by atoms with Crippen molar-refractivity contribution in [2.24, 2.45) is 0 Å². The fourth-order valence-corrected chi connectivity index (χ4v) is 2.92. The first-order valence-electron chi connectivity index (χ1n) is 8.73. The zero-order valence-electron chi connectivity index (χ0n) is 15.4. The Labute approximate surface area is 166 Å². The molecule has 0 saturated carbocycles. The Morgan fingerprint density at radius 1 is 1.11 bits per heavy atom. The second-order valence-corrected chi connectivity index (χ2v) is 6.99. The number of nitrogens with zero attached hydrogens (tertiary/aromatic N) is 1. The quantitative estimate of drug-likeness (QED) is 0.662. The molecule has 7 heteroatoms. The molecule has 1 aromatic heterocycles. The lowest BCUT2D eigenvalue weighted by atomic mass is 10.2. The number of rotatable bonds is 5. The van der Waals surface area contributed by atoms with Gasteiger partial charge in [0.15, 0.2) is 5.43 Å². The first kappa shape index (κ1) is 19.6. The summed E-state index contributed by atoms with van der Waals surface area (Å²) in [6.45, 7) is 3.58. The van der Waals surface area contributed by atoms with E-state index in [-0.39, 0.29) is 24.0 Å². The molecule has 0 spiro atoms. The lowest BCUT2D eigenvalue weighted by molar-refractivity contribution is -0.116. The number of carbonyl (C=O) groups excluding carboxylic acids is 2. The monoisotopic (exact) mass is 398 g/mol. The third-order valence-electron chi connectivity index (χ3n) is 4.00. The maximum absolute atomic E-state index is 12.4. The van der Waals surface area contributed by atoms with Crippen LogP contribution in [0.25, 0.3) is 10.9 Å². The maximum Gasteiger partial charge on any atom is 0.338 e. The van der Waals surface area contributed by atoms with Crippen molar-refractivity contribution in [3.63, 3.8) is 0 Å². The largest absolute Gasteiger partial charge is 0.459 e. The van der Waals surface area contributed by atoms with Crippen molar-refractivity contribution in [2.45, 2.75) is 26.5 Å². The van der Waals surface area contributed by atoms with Gasteiger partial charge in [-0.05, 0) is 56.3 Å². The molecule has 0 bridgehead atoms. The average molecular weight is 399 g/mol. The van der Waals surface area contributed by atoms with E-state index in [0.717, 1.165) is 0 Å². The molecule has 1 amide bonds. The van der Waals surface area contributed by atoms with E-state index in [2.05, 4.69) is 5.32 Å². The summed E-state index contributed by atoms with van der Waals surface area (Å²) in [6, 6.07) is 12.8. The van der Waals surface area contributed by atoms with Crippen LogP contribution in [0, 0.1) is 0 Å². The van der Waals surface area contributed by atoms with Gasteiger partial charge in [-0.2, -0.15) is 0 Å². The number of anilines is 1. The molecule has 3 rings (SSSR count). The number of fused-ring (bicyclic) bond motifs is 1. The average Bonchev–Trinajstić information content (AvgIpc) is 2.64. The number of hydrogen-bond acceptors (Lipinski definition) is 4.